The van der Waals surface area contributed by atoms with Crippen molar-refractivity contribution in [3.05, 3.63) is 25.3 Å². The van der Waals surface area contributed by atoms with Crippen LogP contribution in [0.4, 0.5) is 9.59 Å². The second-order valence-corrected chi connectivity index (χ2v) is 6.70. The van der Waals surface area contributed by atoms with Crippen molar-refractivity contribution in [1.82, 2.24) is 10.0 Å². The molecule has 0 aromatic heterocycles. The molecule has 0 N–H and O–H groups in total. The molecule has 0 bridgehead atoms. The Bertz CT molecular complexity index is 379. The van der Waals surface area contributed by atoms with Gasteiger partial charge in [0.05, 0.1) is 13.1 Å². The number of hydrogen-bond donors (Lipinski definition) is 0. The molecule has 0 fully saturated rings. The van der Waals surface area contributed by atoms with Crippen molar-refractivity contribution in [3.63, 3.8) is 0 Å². The highest BCUT2D eigenvalue weighted by atomic mass is 16.6. The van der Waals surface area contributed by atoms with Gasteiger partial charge in [0, 0.05) is 0 Å². The van der Waals surface area contributed by atoms with E-state index in [1.54, 1.807) is 41.5 Å². The van der Waals surface area contributed by atoms with Crippen molar-refractivity contribution >= 4 is 12.2 Å². The number of hydrogen-bond acceptors (Lipinski definition) is 4. The molecule has 0 spiro atoms. The topological polar surface area (TPSA) is 59.1 Å². The molecular weight excluding hydrogens is 284 g/mol. The highest BCUT2D eigenvalue weighted by Crippen LogP contribution is 2.15. The Morgan fingerprint density at radius 3 is 1.27 bits per heavy atom. The van der Waals surface area contributed by atoms with Gasteiger partial charge in [-0.05, 0) is 41.5 Å². The van der Waals surface area contributed by atoms with Crippen LogP contribution in [-0.2, 0) is 9.47 Å². The van der Waals surface area contributed by atoms with Gasteiger partial charge in [-0.2, -0.15) is 0 Å². The predicted octanol–water partition coefficient (Wildman–Crippen LogP) is 3.75. The second kappa shape index (κ2) is 7.87. The maximum atomic E-state index is 12.3. The summed E-state index contributed by atoms with van der Waals surface area (Å²) in [6.45, 7) is 17.9. The third-order valence-electron chi connectivity index (χ3n) is 2.10. The summed E-state index contributed by atoms with van der Waals surface area (Å²) in [4.78, 5) is 24.6. The largest absolute Gasteiger partial charge is 0.442 e. The molecule has 0 rings (SSSR count). The first-order valence-electron chi connectivity index (χ1n) is 7.14. The van der Waals surface area contributed by atoms with Crippen LogP contribution in [0, 0.1) is 0 Å². The van der Waals surface area contributed by atoms with Gasteiger partial charge in [0.25, 0.3) is 0 Å². The van der Waals surface area contributed by atoms with E-state index in [0.717, 1.165) is 10.0 Å². The van der Waals surface area contributed by atoms with Gasteiger partial charge in [-0.25, -0.2) is 19.6 Å². The summed E-state index contributed by atoms with van der Waals surface area (Å²) < 4.78 is 10.6. The van der Waals surface area contributed by atoms with Crippen LogP contribution in [0.2, 0.25) is 0 Å². The van der Waals surface area contributed by atoms with Crippen LogP contribution in [0.1, 0.15) is 41.5 Å². The van der Waals surface area contributed by atoms with Gasteiger partial charge in [-0.3, -0.25) is 0 Å². The summed E-state index contributed by atoms with van der Waals surface area (Å²) in [6.07, 6.45) is 1.70. The molecule has 2 amide bonds. The quantitative estimate of drug-likeness (QED) is 0.586. The molecule has 0 aromatic rings. The van der Waals surface area contributed by atoms with Crippen molar-refractivity contribution in [2.24, 2.45) is 0 Å². The molecule has 0 aromatic carbocycles. The predicted molar refractivity (Wildman–Crippen MR) is 86.3 cm³/mol. The average Bonchev–Trinajstić information content (AvgIpc) is 2.29. The zero-order valence-corrected chi connectivity index (χ0v) is 14.5. The van der Waals surface area contributed by atoms with E-state index in [-0.39, 0.29) is 13.1 Å². The van der Waals surface area contributed by atoms with Gasteiger partial charge in [0.15, 0.2) is 0 Å². The number of rotatable bonds is 4. The average molecular weight is 312 g/mol. The van der Waals surface area contributed by atoms with Gasteiger partial charge < -0.3 is 9.47 Å². The third kappa shape index (κ3) is 7.71. The van der Waals surface area contributed by atoms with Gasteiger partial charge in [0.1, 0.15) is 11.2 Å². The minimum atomic E-state index is -0.676. The standard InChI is InChI=1S/C16H28N2O4/c1-9-11-17(13(19)21-15(3,4)5)18(12-10-2)14(20)22-16(6,7)8/h9-10H,1-2,11-12H2,3-8H3. The maximum absolute atomic E-state index is 12.3. The van der Waals surface area contributed by atoms with E-state index in [2.05, 4.69) is 13.2 Å². The summed E-state index contributed by atoms with van der Waals surface area (Å²) in [5.41, 5.74) is -1.35. The lowest BCUT2D eigenvalue weighted by atomic mass is 10.2. The van der Waals surface area contributed by atoms with Gasteiger partial charge in [-0.1, -0.05) is 12.2 Å². The first kappa shape index (κ1) is 20.0. The zero-order valence-electron chi connectivity index (χ0n) is 14.5. The molecule has 0 unspecified atom stereocenters. The van der Waals surface area contributed by atoms with Crippen LogP contribution >= 0.6 is 0 Å². The number of ether oxygens (including phenoxy) is 2. The monoisotopic (exact) mass is 312 g/mol. The first-order chi connectivity index (χ1) is 9.91. The number of carbonyl (C=O) groups excluding carboxylic acids is 2. The smallest absolute Gasteiger partial charge is 0.429 e. The fourth-order valence-corrected chi connectivity index (χ4v) is 1.42. The fraction of sp³-hybridized carbons (Fsp3) is 0.625. The molecule has 126 valence electrons. The molecule has 0 aliphatic carbocycles. The lowest BCUT2D eigenvalue weighted by Crippen LogP contribution is -2.52. The Morgan fingerprint density at radius 1 is 0.818 bits per heavy atom. The normalized spacial score (nSPS) is 11.4. The molecule has 0 aliphatic rings. The molecule has 0 heterocycles. The van der Waals surface area contributed by atoms with Crippen molar-refractivity contribution < 1.29 is 19.1 Å². The number of carbonyl (C=O) groups is 2. The summed E-state index contributed by atoms with van der Waals surface area (Å²) >= 11 is 0. The summed E-state index contributed by atoms with van der Waals surface area (Å²) in [5, 5.41) is 2.29. The van der Waals surface area contributed by atoms with Crippen LogP contribution in [0.25, 0.3) is 0 Å². The van der Waals surface area contributed by atoms with E-state index in [9.17, 15) is 9.59 Å². The van der Waals surface area contributed by atoms with Crippen molar-refractivity contribution in [2.75, 3.05) is 13.1 Å². The second-order valence-electron chi connectivity index (χ2n) is 6.70. The molecule has 22 heavy (non-hydrogen) atoms. The Morgan fingerprint density at radius 2 is 1.09 bits per heavy atom. The molecular formula is C16H28N2O4. The van der Waals surface area contributed by atoms with Gasteiger partial charge >= 0.3 is 12.2 Å². The van der Waals surface area contributed by atoms with Crippen molar-refractivity contribution in [2.45, 2.75) is 52.7 Å². The van der Waals surface area contributed by atoms with Crippen LogP contribution in [0.3, 0.4) is 0 Å². The fourth-order valence-electron chi connectivity index (χ4n) is 1.42. The summed E-state index contributed by atoms with van der Waals surface area (Å²) in [6, 6.07) is 0. The van der Waals surface area contributed by atoms with E-state index >= 15 is 0 Å². The molecule has 0 aliphatic heterocycles. The van der Waals surface area contributed by atoms with E-state index in [0.29, 0.717) is 0 Å². The maximum Gasteiger partial charge on any atom is 0.429 e. The van der Waals surface area contributed by atoms with Gasteiger partial charge in [-0.15, -0.1) is 13.2 Å². The van der Waals surface area contributed by atoms with E-state index in [1.165, 1.54) is 12.2 Å². The van der Waals surface area contributed by atoms with Crippen LogP contribution in [0.5, 0.6) is 0 Å². The number of hydrazine groups is 1. The van der Waals surface area contributed by atoms with Crippen molar-refractivity contribution in [1.29, 1.82) is 0 Å². The van der Waals surface area contributed by atoms with E-state index in [1.807, 2.05) is 0 Å². The zero-order chi connectivity index (χ0) is 17.6. The van der Waals surface area contributed by atoms with Crippen LogP contribution in [-0.4, -0.2) is 46.5 Å². The summed E-state index contributed by atoms with van der Waals surface area (Å²) in [7, 11) is 0. The Labute approximate surface area is 133 Å². The Balaban J connectivity index is 5.33. The van der Waals surface area contributed by atoms with Crippen molar-refractivity contribution in [3.8, 4) is 0 Å². The molecule has 0 atom stereocenters. The number of nitrogens with zero attached hydrogens (tertiary/aromatic N) is 2. The van der Waals surface area contributed by atoms with Crippen LogP contribution in [0.15, 0.2) is 25.3 Å². The molecule has 0 saturated carbocycles. The highest BCUT2D eigenvalue weighted by Gasteiger charge is 2.31. The lowest BCUT2D eigenvalue weighted by molar-refractivity contribution is -0.0541. The van der Waals surface area contributed by atoms with E-state index < -0.39 is 23.4 Å². The Hall–Kier alpha value is -1.98. The van der Waals surface area contributed by atoms with Gasteiger partial charge in [0.2, 0.25) is 0 Å². The Kier molecular flexibility index (Phi) is 7.16. The molecule has 6 heteroatoms. The van der Waals surface area contributed by atoms with E-state index in [4.69, 9.17) is 9.47 Å². The van der Waals surface area contributed by atoms with Crippen LogP contribution < -0.4 is 0 Å². The summed E-state index contributed by atoms with van der Waals surface area (Å²) in [5.74, 6) is 0. The first-order valence-corrected chi connectivity index (χ1v) is 7.14. The SMILES string of the molecule is C=CCN(C(=O)OC(C)(C)C)N(CC=C)C(=O)OC(C)(C)C. The minimum absolute atomic E-state index is 0.113. The highest BCUT2D eigenvalue weighted by molar-refractivity contribution is 5.75. The molecule has 0 saturated heterocycles. The third-order valence-corrected chi connectivity index (χ3v) is 2.10. The molecule has 6 nitrogen and oxygen atoms in total. The lowest BCUT2D eigenvalue weighted by Gasteiger charge is -2.35. The molecule has 0 radical (unpaired) electrons. The minimum Gasteiger partial charge on any atom is -0.442 e. The number of amides is 2.